The van der Waals surface area contributed by atoms with Crippen LogP contribution < -0.4 is 19.5 Å². The second kappa shape index (κ2) is 7.68. The van der Waals surface area contributed by atoms with E-state index in [2.05, 4.69) is 5.32 Å². The average Bonchev–Trinajstić information content (AvgIpc) is 2.60. The molecule has 0 aliphatic carbocycles. The van der Waals surface area contributed by atoms with Crippen LogP contribution in [0.1, 0.15) is 28.9 Å². The van der Waals surface area contributed by atoms with E-state index in [1.165, 1.54) is 19.2 Å². The summed E-state index contributed by atoms with van der Waals surface area (Å²) in [5.74, 6) is 0.395. The maximum absolute atomic E-state index is 13.7. The first-order valence-corrected chi connectivity index (χ1v) is 7.36. The first-order valence-electron chi connectivity index (χ1n) is 7.36. The van der Waals surface area contributed by atoms with E-state index in [0.29, 0.717) is 11.5 Å². The summed E-state index contributed by atoms with van der Waals surface area (Å²) in [6, 6.07) is 9.04. The molecule has 1 N–H and O–H groups in total. The van der Waals surface area contributed by atoms with Crippen molar-refractivity contribution in [2.75, 3.05) is 21.3 Å². The van der Waals surface area contributed by atoms with E-state index >= 15 is 0 Å². The maximum Gasteiger partial charge on any atom is 0.251 e. The van der Waals surface area contributed by atoms with Crippen LogP contribution in [0.5, 0.6) is 17.2 Å². The Morgan fingerprint density at radius 2 is 1.67 bits per heavy atom. The smallest absolute Gasteiger partial charge is 0.251 e. The van der Waals surface area contributed by atoms with Gasteiger partial charge in [0.25, 0.3) is 5.91 Å². The zero-order valence-electron chi connectivity index (χ0n) is 14.1. The van der Waals surface area contributed by atoms with Gasteiger partial charge in [-0.15, -0.1) is 0 Å². The molecule has 0 spiro atoms. The summed E-state index contributed by atoms with van der Waals surface area (Å²) in [5, 5.41) is 2.82. The molecule has 0 fully saturated rings. The monoisotopic (exact) mass is 333 g/mol. The Morgan fingerprint density at radius 3 is 2.25 bits per heavy atom. The van der Waals surface area contributed by atoms with Gasteiger partial charge in [0, 0.05) is 11.1 Å². The van der Waals surface area contributed by atoms with Gasteiger partial charge in [0.1, 0.15) is 11.5 Å². The standard InChI is InChI=1S/C18H20FNO4/c1-11(14-10-13(22-2)6-8-16(14)23-3)20-18(21)12-5-7-17(24-4)15(19)9-12/h5-11H,1-4H3,(H,20,21). The number of carbonyl (C=O) groups is 1. The topological polar surface area (TPSA) is 56.8 Å². The number of rotatable bonds is 6. The third-order valence-corrected chi connectivity index (χ3v) is 3.66. The summed E-state index contributed by atoms with van der Waals surface area (Å²) in [5.41, 5.74) is 0.973. The summed E-state index contributed by atoms with van der Waals surface area (Å²) in [6.45, 7) is 1.81. The Hall–Kier alpha value is -2.76. The highest BCUT2D eigenvalue weighted by Crippen LogP contribution is 2.29. The van der Waals surface area contributed by atoms with Crippen LogP contribution in [0.2, 0.25) is 0 Å². The van der Waals surface area contributed by atoms with Crippen LogP contribution in [0.3, 0.4) is 0 Å². The van der Waals surface area contributed by atoms with E-state index in [1.807, 2.05) is 6.92 Å². The van der Waals surface area contributed by atoms with Crippen LogP contribution in [-0.4, -0.2) is 27.2 Å². The van der Waals surface area contributed by atoms with E-state index < -0.39 is 11.7 Å². The lowest BCUT2D eigenvalue weighted by Gasteiger charge is -2.18. The van der Waals surface area contributed by atoms with E-state index in [0.717, 1.165) is 11.6 Å². The SMILES string of the molecule is COc1ccc(OC)c(C(C)NC(=O)c2ccc(OC)c(F)c2)c1. The van der Waals surface area contributed by atoms with Gasteiger partial charge < -0.3 is 19.5 Å². The fourth-order valence-electron chi connectivity index (χ4n) is 2.34. The number of amides is 1. The number of methoxy groups -OCH3 is 3. The van der Waals surface area contributed by atoms with Crippen LogP contribution in [0.15, 0.2) is 36.4 Å². The molecule has 1 amide bonds. The normalized spacial score (nSPS) is 11.5. The van der Waals surface area contributed by atoms with Crippen molar-refractivity contribution in [3.63, 3.8) is 0 Å². The molecule has 128 valence electrons. The lowest BCUT2D eigenvalue weighted by atomic mass is 10.1. The van der Waals surface area contributed by atoms with Crippen LogP contribution >= 0.6 is 0 Å². The molecular weight excluding hydrogens is 313 g/mol. The van der Waals surface area contributed by atoms with Crippen molar-refractivity contribution >= 4 is 5.91 Å². The van der Waals surface area contributed by atoms with E-state index in [4.69, 9.17) is 14.2 Å². The Kier molecular flexibility index (Phi) is 5.63. The first-order chi connectivity index (χ1) is 11.5. The highest BCUT2D eigenvalue weighted by molar-refractivity contribution is 5.94. The molecule has 2 aromatic rings. The van der Waals surface area contributed by atoms with Crippen molar-refractivity contribution in [3.05, 3.63) is 53.3 Å². The van der Waals surface area contributed by atoms with Crippen molar-refractivity contribution in [2.24, 2.45) is 0 Å². The summed E-state index contributed by atoms with van der Waals surface area (Å²) < 4.78 is 29.1. The minimum absolute atomic E-state index is 0.0917. The third kappa shape index (κ3) is 3.76. The molecule has 0 aliphatic rings. The number of ether oxygens (including phenoxy) is 3. The van der Waals surface area contributed by atoms with Gasteiger partial charge in [-0.3, -0.25) is 4.79 Å². The third-order valence-electron chi connectivity index (χ3n) is 3.66. The number of carbonyl (C=O) groups excluding carboxylic acids is 1. The van der Waals surface area contributed by atoms with Gasteiger partial charge in [0.2, 0.25) is 0 Å². The quantitative estimate of drug-likeness (QED) is 0.881. The number of hydrogen-bond donors (Lipinski definition) is 1. The Bertz CT molecular complexity index is 733. The second-order valence-electron chi connectivity index (χ2n) is 5.15. The van der Waals surface area contributed by atoms with Crippen molar-refractivity contribution < 1.29 is 23.4 Å². The van der Waals surface area contributed by atoms with E-state index in [-0.39, 0.29) is 17.4 Å². The summed E-state index contributed by atoms with van der Waals surface area (Å²) in [4.78, 5) is 12.3. The molecule has 6 heteroatoms. The van der Waals surface area contributed by atoms with E-state index in [9.17, 15) is 9.18 Å². The number of benzene rings is 2. The molecule has 0 saturated heterocycles. The lowest BCUT2D eigenvalue weighted by Crippen LogP contribution is -2.27. The Labute approximate surface area is 140 Å². The molecule has 1 atom stereocenters. The molecule has 2 rings (SSSR count). The molecule has 0 aromatic heterocycles. The average molecular weight is 333 g/mol. The Balaban J connectivity index is 2.21. The van der Waals surface area contributed by atoms with Crippen molar-refractivity contribution in [1.29, 1.82) is 0 Å². The van der Waals surface area contributed by atoms with Crippen LogP contribution in [0.25, 0.3) is 0 Å². The first kappa shape index (κ1) is 17.6. The summed E-state index contributed by atoms with van der Waals surface area (Å²) in [6.07, 6.45) is 0. The van der Waals surface area contributed by atoms with Gasteiger partial charge in [0.15, 0.2) is 11.6 Å². The largest absolute Gasteiger partial charge is 0.497 e. The lowest BCUT2D eigenvalue weighted by molar-refractivity contribution is 0.0939. The Morgan fingerprint density at radius 1 is 1.00 bits per heavy atom. The predicted molar refractivity (Wildman–Crippen MR) is 88.4 cm³/mol. The van der Waals surface area contributed by atoms with Crippen LogP contribution in [0, 0.1) is 5.82 Å². The molecule has 0 radical (unpaired) electrons. The van der Waals surface area contributed by atoms with Gasteiger partial charge in [-0.2, -0.15) is 0 Å². The molecule has 5 nitrogen and oxygen atoms in total. The second-order valence-corrected chi connectivity index (χ2v) is 5.15. The van der Waals surface area contributed by atoms with Gasteiger partial charge >= 0.3 is 0 Å². The number of hydrogen-bond acceptors (Lipinski definition) is 4. The van der Waals surface area contributed by atoms with Gasteiger partial charge in [-0.05, 0) is 43.3 Å². The number of halogens is 1. The van der Waals surface area contributed by atoms with Crippen molar-refractivity contribution in [2.45, 2.75) is 13.0 Å². The van der Waals surface area contributed by atoms with Crippen LogP contribution in [0.4, 0.5) is 4.39 Å². The summed E-state index contributed by atoms with van der Waals surface area (Å²) >= 11 is 0. The van der Waals surface area contributed by atoms with Crippen molar-refractivity contribution in [3.8, 4) is 17.2 Å². The molecule has 0 heterocycles. The van der Waals surface area contributed by atoms with Gasteiger partial charge in [-0.25, -0.2) is 4.39 Å². The molecule has 24 heavy (non-hydrogen) atoms. The molecule has 0 bridgehead atoms. The van der Waals surface area contributed by atoms with Gasteiger partial charge in [0.05, 0.1) is 27.4 Å². The zero-order chi connectivity index (χ0) is 17.7. The fourth-order valence-corrected chi connectivity index (χ4v) is 2.34. The molecule has 0 saturated carbocycles. The fraction of sp³-hybridized carbons (Fsp3) is 0.278. The van der Waals surface area contributed by atoms with E-state index in [1.54, 1.807) is 32.4 Å². The molecule has 0 aliphatic heterocycles. The minimum Gasteiger partial charge on any atom is -0.497 e. The highest BCUT2D eigenvalue weighted by atomic mass is 19.1. The van der Waals surface area contributed by atoms with Crippen LogP contribution in [-0.2, 0) is 0 Å². The molecule has 1 unspecified atom stereocenters. The predicted octanol–water partition coefficient (Wildman–Crippen LogP) is 3.34. The highest BCUT2D eigenvalue weighted by Gasteiger charge is 2.17. The summed E-state index contributed by atoms with van der Waals surface area (Å²) in [7, 11) is 4.49. The molecule has 2 aromatic carbocycles. The van der Waals surface area contributed by atoms with Crippen molar-refractivity contribution in [1.82, 2.24) is 5.32 Å². The maximum atomic E-state index is 13.7. The van der Waals surface area contributed by atoms with Gasteiger partial charge in [-0.1, -0.05) is 0 Å². The minimum atomic E-state index is -0.586. The number of nitrogens with one attached hydrogen (secondary N) is 1. The zero-order valence-corrected chi connectivity index (χ0v) is 14.1. The molecular formula is C18H20FNO4.